The SMILES string of the molecule is COc1cc2c(cc1OC)CC(N(C)CCCOc1ccc(S(=O)(=O)c3c(C(C)C)cn4ccccc34)cc1)CC2. The first kappa shape index (κ1) is 29.0. The molecule has 0 bridgehead atoms. The van der Waals surface area contributed by atoms with E-state index in [-0.39, 0.29) is 10.8 Å². The van der Waals surface area contributed by atoms with E-state index in [4.69, 9.17) is 14.2 Å². The van der Waals surface area contributed by atoms with Gasteiger partial charge in [-0.25, -0.2) is 8.42 Å². The molecule has 1 aliphatic rings. The summed E-state index contributed by atoms with van der Waals surface area (Å²) in [7, 11) is 1.84. The quantitative estimate of drug-likeness (QED) is 0.199. The molecule has 0 saturated heterocycles. The topological polar surface area (TPSA) is 69.5 Å². The average Bonchev–Trinajstić information content (AvgIpc) is 3.39. The third kappa shape index (κ3) is 5.95. The van der Waals surface area contributed by atoms with Crippen molar-refractivity contribution >= 4 is 15.4 Å². The fraction of sp³-hybridized carbons (Fsp3) is 0.394. The Bertz CT molecular complexity index is 1610. The van der Waals surface area contributed by atoms with Crippen molar-refractivity contribution in [2.75, 3.05) is 34.4 Å². The first-order valence-electron chi connectivity index (χ1n) is 14.2. The number of benzene rings is 2. The van der Waals surface area contributed by atoms with Crippen LogP contribution in [0.5, 0.6) is 17.2 Å². The Morgan fingerprint density at radius 1 is 1.00 bits per heavy atom. The number of pyridine rings is 1. The third-order valence-electron chi connectivity index (χ3n) is 8.14. The molecule has 2 heterocycles. The maximum Gasteiger partial charge on any atom is 0.209 e. The number of nitrogens with zero attached hydrogens (tertiary/aromatic N) is 2. The molecular formula is C33H40N2O5S. The monoisotopic (exact) mass is 576 g/mol. The van der Waals surface area contributed by atoms with Crippen LogP contribution in [-0.2, 0) is 22.7 Å². The fourth-order valence-corrected chi connectivity index (χ4v) is 7.56. The number of ether oxygens (including phenoxy) is 3. The normalized spacial score (nSPS) is 15.3. The summed E-state index contributed by atoms with van der Waals surface area (Å²) >= 11 is 0. The number of likely N-dealkylation sites (N-methyl/N-ethyl adjacent to an activating group) is 1. The van der Waals surface area contributed by atoms with Gasteiger partial charge in [0.15, 0.2) is 11.5 Å². The predicted octanol–water partition coefficient (Wildman–Crippen LogP) is 6.17. The Kier molecular flexibility index (Phi) is 8.61. The molecule has 0 fully saturated rings. The van der Waals surface area contributed by atoms with E-state index in [2.05, 4.69) is 24.1 Å². The van der Waals surface area contributed by atoms with Crippen molar-refractivity contribution in [2.24, 2.45) is 0 Å². The van der Waals surface area contributed by atoms with E-state index in [1.807, 2.05) is 48.8 Å². The van der Waals surface area contributed by atoms with Crippen LogP contribution in [0.1, 0.15) is 49.3 Å². The smallest absolute Gasteiger partial charge is 0.209 e. The van der Waals surface area contributed by atoms with Crippen molar-refractivity contribution in [3.8, 4) is 17.2 Å². The number of fused-ring (bicyclic) bond motifs is 2. The van der Waals surface area contributed by atoms with Crippen molar-refractivity contribution in [3.05, 3.63) is 83.7 Å². The van der Waals surface area contributed by atoms with E-state index in [0.29, 0.717) is 28.8 Å². The molecule has 2 aromatic carbocycles. The minimum absolute atomic E-state index is 0.0788. The number of hydrogen-bond donors (Lipinski definition) is 0. The highest BCUT2D eigenvalue weighted by atomic mass is 32.2. The van der Waals surface area contributed by atoms with Crippen LogP contribution in [-0.4, -0.2) is 58.2 Å². The van der Waals surface area contributed by atoms with E-state index in [0.717, 1.165) is 49.3 Å². The van der Waals surface area contributed by atoms with Gasteiger partial charge >= 0.3 is 0 Å². The van der Waals surface area contributed by atoms with Gasteiger partial charge in [-0.15, -0.1) is 0 Å². The van der Waals surface area contributed by atoms with Gasteiger partial charge in [-0.05, 0) is 104 Å². The lowest BCUT2D eigenvalue weighted by molar-refractivity contribution is 0.199. The van der Waals surface area contributed by atoms with Crippen LogP contribution in [0, 0.1) is 0 Å². The molecular weight excluding hydrogens is 536 g/mol. The number of sulfone groups is 1. The summed E-state index contributed by atoms with van der Waals surface area (Å²) in [6.45, 7) is 5.51. The van der Waals surface area contributed by atoms with Crippen LogP contribution >= 0.6 is 0 Å². The molecule has 0 radical (unpaired) electrons. The van der Waals surface area contributed by atoms with Crippen LogP contribution in [0.2, 0.25) is 0 Å². The van der Waals surface area contributed by atoms with Crippen LogP contribution in [0.15, 0.2) is 76.8 Å². The lowest BCUT2D eigenvalue weighted by Crippen LogP contribution is -2.37. The van der Waals surface area contributed by atoms with E-state index in [1.165, 1.54) is 11.1 Å². The van der Waals surface area contributed by atoms with Crippen molar-refractivity contribution < 1.29 is 22.6 Å². The molecule has 0 N–H and O–H groups in total. The Labute approximate surface area is 243 Å². The molecule has 0 aliphatic heterocycles. The second-order valence-electron chi connectivity index (χ2n) is 11.1. The standard InChI is InChI=1S/C33H40N2O5S/c1-23(2)29-22-35-17-7-6-9-30(35)33(29)41(36,37)28-14-12-27(13-15-28)40-18-8-16-34(3)26-11-10-24-20-31(38-4)32(39-5)21-25(24)19-26/h6-7,9,12-15,17,20-23,26H,8,10-11,16,18-19H2,1-5H3. The van der Waals surface area contributed by atoms with Gasteiger partial charge in [0.2, 0.25) is 9.84 Å². The summed E-state index contributed by atoms with van der Waals surface area (Å²) in [5.74, 6) is 2.32. The number of aromatic nitrogens is 1. The molecule has 218 valence electrons. The van der Waals surface area contributed by atoms with Crippen molar-refractivity contribution in [3.63, 3.8) is 0 Å². The number of methoxy groups -OCH3 is 2. The molecule has 0 amide bonds. The molecule has 41 heavy (non-hydrogen) atoms. The number of hydrogen-bond acceptors (Lipinski definition) is 6. The molecule has 1 aliphatic carbocycles. The van der Waals surface area contributed by atoms with Gasteiger partial charge in [-0.2, -0.15) is 0 Å². The van der Waals surface area contributed by atoms with Crippen molar-refractivity contribution in [2.45, 2.75) is 61.3 Å². The Hall–Kier alpha value is -3.49. The maximum absolute atomic E-state index is 13.7. The highest BCUT2D eigenvalue weighted by molar-refractivity contribution is 7.91. The van der Waals surface area contributed by atoms with Crippen LogP contribution in [0.3, 0.4) is 0 Å². The van der Waals surface area contributed by atoms with Crippen LogP contribution < -0.4 is 14.2 Å². The summed E-state index contributed by atoms with van der Waals surface area (Å²) in [6.07, 6.45) is 7.79. The zero-order valence-corrected chi connectivity index (χ0v) is 25.4. The van der Waals surface area contributed by atoms with E-state index in [1.54, 1.807) is 38.5 Å². The van der Waals surface area contributed by atoms with E-state index in [9.17, 15) is 8.42 Å². The lowest BCUT2D eigenvalue weighted by atomic mass is 9.87. The molecule has 0 spiro atoms. The number of rotatable bonds is 11. The fourth-order valence-electron chi connectivity index (χ4n) is 5.78. The van der Waals surface area contributed by atoms with Gasteiger partial charge in [-0.1, -0.05) is 19.9 Å². The van der Waals surface area contributed by atoms with Crippen molar-refractivity contribution in [1.82, 2.24) is 9.30 Å². The van der Waals surface area contributed by atoms with Crippen LogP contribution in [0.25, 0.3) is 5.52 Å². The molecule has 2 aromatic heterocycles. The highest BCUT2D eigenvalue weighted by Gasteiger charge is 2.27. The Balaban J connectivity index is 1.17. The zero-order valence-electron chi connectivity index (χ0n) is 24.6. The van der Waals surface area contributed by atoms with E-state index < -0.39 is 9.84 Å². The Morgan fingerprint density at radius 3 is 2.39 bits per heavy atom. The zero-order chi connectivity index (χ0) is 29.1. The first-order valence-corrected chi connectivity index (χ1v) is 15.7. The minimum atomic E-state index is -3.69. The largest absolute Gasteiger partial charge is 0.494 e. The average molecular weight is 577 g/mol. The van der Waals surface area contributed by atoms with Crippen LogP contribution in [0.4, 0.5) is 0 Å². The molecule has 7 nitrogen and oxygen atoms in total. The molecule has 4 aromatic rings. The van der Waals surface area contributed by atoms with Gasteiger partial charge in [0, 0.05) is 25.0 Å². The minimum Gasteiger partial charge on any atom is -0.494 e. The van der Waals surface area contributed by atoms with E-state index >= 15 is 0 Å². The summed E-state index contributed by atoms with van der Waals surface area (Å²) in [4.78, 5) is 3.07. The second kappa shape index (κ2) is 12.2. The summed E-state index contributed by atoms with van der Waals surface area (Å²) in [5, 5.41) is 0. The Morgan fingerprint density at radius 2 is 1.71 bits per heavy atom. The molecule has 0 saturated carbocycles. The molecule has 1 atom stereocenters. The highest BCUT2D eigenvalue weighted by Crippen LogP contribution is 2.36. The summed E-state index contributed by atoms with van der Waals surface area (Å²) < 4.78 is 46.3. The van der Waals surface area contributed by atoms with Gasteiger partial charge in [0.1, 0.15) is 10.6 Å². The molecule has 1 unspecified atom stereocenters. The van der Waals surface area contributed by atoms with Gasteiger partial charge < -0.3 is 23.5 Å². The lowest BCUT2D eigenvalue weighted by Gasteiger charge is -2.33. The first-order chi connectivity index (χ1) is 19.7. The van der Waals surface area contributed by atoms with Gasteiger partial charge in [0.05, 0.1) is 31.2 Å². The van der Waals surface area contributed by atoms with Gasteiger partial charge in [-0.3, -0.25) is 0 Å². The summed E-state index contributed by atoms with van der Waals surface area (Å²) in [6, 6.07) is 17.1. The number of aryl methyl sites for hydroxylation is 1. The summed E-state index contributed by atoms with van der Waals surface area (Å²) in [5.41, 5.74) is 4.18. The second-order valence-corrected chi connectivity index (χ2v) is 13.0. The molecule has 5 rings (SSSR count). The predicted molar refractivity (Wildman–Crippen MR) is 161 cm³/mol. The third-order valence-corrected chi connectivity index (χ3v) is 10.0. The molecule has 8 heteroatoms. The van der Waals surface area contributed by atoms with Crippen molar-refractivity contribution in [1.29, 1.82) is 0 Å². The maximum atomic E-state index is 13.7. The van der Waals surface area contributed by atoms with Gasteiger partial charge in [0.25, 0.3) is 0 Å².